The van der Waals surface area contributed by atoms with Crippen molar-refractivity contribution in [1.29, 1.82) is 0 Å². The summed E-state index contributed by atoms with van der Waals surface area (Å²) in [7, 11) is 1.97. The van der Waals surface area contributed by atoms with Crippen molar-refractivity contribution in [3.63, 3.8) is 0 Å². The SMILES string of the molecule is CCC1CCC(C(O)CCc2ccnn2C)CC1. The van der Waals surface area contributed by atoms with Crippen molar-refractivity contribution in [2.24, 2.45) is 18.9 Å². The fourth-order valence-corrected chi connectivity index (χ4v) is 3.16. The Kier molecular flexibility index (Phi) is 4.81. The van der Waals surface area contributed by atoms with Gasteiger partial charge in [-0.3, -0.25) is 4.68 Å². The summed E-state index contributed by atoms with van der Waals surface area (Å²) in [6.45, 7) is 2.28. The van der Waals surface area contributed by atoms with E-state index in [4.69, 9.17) is 0 Å². The maximum Gasteiger partial charge on any atom is 0.0572 e. The van der Waals surface area contributed by atoms with Crippen LogP contribution in [0.4, 0.5) is 0 Å². The van der Waals surface area contributed by atoms with E-state index in [0.29, 0.717) is 5.92 Å². The maximum absolute atomic E-state index is 10.3. The van der Waals surface area contributed by atoms with Gasteiger partial charge < -0.3 is 5.11 Å². The zero-order valence-electron chi connectivity index (χ0n) is 11.7. The first-order chi connectivity index (χ1) is 8.70. The van der Waals surface area contributed by atoms with Crippen molar-refractivity contribution in [2.45, 2.75) is 58.0 Å². The molecule has 0 amide bonds. The van der Waals surface area contributed by atoms with Gasteiger partial charge >= 0.3 is 0 Å². The molecule has 3 nitrogen and oxygen atoms in total. The lowest BCUT2D eigenvalue weighted by Crippen LogP contribution is -2.26. The summed E-state index contributed by atoms with van der Waals surface area (Å²) in [5.41, 5.74) is 1.22. The summed E-state index contributed by atoms with van der Waals surface area (Å²) < 4.78 is 1.90. The van der Waals surface area contributed by atoms with Gasteiger partial charge in [0, 0.05) is 18.9 Å². The van der Waals surface area contributed by atoms with Crippen LogP contribution >= 0.6 is 0 Å². The molecule has 0 aliphatic heterocycles. The van der Waals surface area contributed by atoms with Gasteiger partial charge in [-0.25, -0.2) is 0 Å². The Morgan fingerprint density at radius 1 is 1.39 bits per heavy atom. The smallest absolute Gasteiger partial charge is 0.0572 e. The molecule has 18 heavy (non-hydrogen) atoms. The van der Waals surface area contributed by atoms with E-state index in [1.54, 1.807) is 0 Å². The normalized spacial score (nSPS) is 26.2. The van der Waals surface area contributed by atoms with Crippen molar-refractivity contribution in [2.75, 3.05) is 0 Å². The van der Waals surface area contributed by atoms with Crippen LogP contribution in [0.5, 0.6) is 0 Å². The van der Waals surface area contributed by atoms with Gasteiger partial charge in [0.25, 0.3) is 0 Å². The third kappa shape index (κ3) is 3.35. The lowest BCUT2D eigenvalue weighted by atomic mass is 9.77. The van der Waals surface area contributed by atoms with Gasteiger partial charge in [-0.2, -0.15) is 5.10 Å². The molecule has 2 rings (SSSR count). The van der Waals surface area contributed by atoms with Crippen LogP contribution in [0.15, 0.2) is 12.3 Å². The molecule has 0 radical (unpaired) electrons. The summed E-state index contributed by atoms with van der Waals surface area (Å²) in [6.07, 6.45) is 9.86. The number of aliphatic hydroxyl groups excluding tert-OH is 1. The van der Waals surface area contributed by atoms with Crippen LogP contribution in [0.1, 0.15) is 51.1 Å². The second kappa shape index (κ2) is 6.37. The molecular formula is C15H26N2O. The second-order valence-electron chi connectivity index (χ2n) is 5.74. The standard InChI is InChI=1S/C15H26N2O/c1-3-12-4-6-13(7-5-12)15(18)9-8-14-10-11-16-17(14)2/h10-13,15,18H,3-9H2,1-2H3. The van der Waals surface area contributed by atoms with Gasteiger partial charge in [-0.1, -0.05) is 26.2 Å². The summed E-state index contributed by atoms with van der Waals surface area (Å²) >= 11 is 0. The molecular weight excluding hydrogens is 224 g/mol. The van der Waals surface area contributed by atoms with Gasteiger partial charge in [0.15, 0.2) is 0 Å². The third-order valence-corrected chi connectivity index (χ3v) is 4.63. The summed E-state index contributed by atoms with van der Waals surface area (Å²) in [4.78, 5) is 0. The zero-order chi connectivity index (χ0) is 13.0. The van der Waals surface area contributed by atoms with E-state index in [9.17, 15) is 5.11 Å². The van der Waals surface area contributed by atoms with Crippen LogP contribution in [-0.2, 0) is 13.5 Å². The van der Waals surface area contributed by atoms with Gasteiger partial charge in [0.05, 0.1) is 6.10 Å². The fourth-order valence-electron chi connectivity index (χ4n) is 3.16. The quantitative estimate of drug-likeness (QED) is 0.872. The Balaban J connectivity index is 1.75. The van der Waals surface area contributed by atoms with Crippen LogP contribution in [0.25, 0.3) is 0 Å². The number of rotatable bonds is 5. The van der Waals surface area contributed by atoms with E-state index in [1.165, 1.54) is 37.8 Å². The van der Waals surface area contributed by atoms with E-state index in [0.717, 1.165) is 18.8 Å². The van der Waals surface area contributed by atoms with E-state index in [2.05, 4.69) is 12.0 Å². The molecule has 1 fully saturated rings. The topological polar surface area (TPSA) is 38.1 Å². The zero-order valence-corrected chi connectivity index (χ0v) is 11.7. The van der Waals surface area contributed by atoms with Gasteiger partial charge in [0.2, 0.25) is 0 Å². The monoisotopic (exact) mass is 250 g/mol. The Morgan fingerprint density at radius 2 is 2.11 bits per heavy atom. The summed E-state index contributed by atoms with van der Waals surface area (Å²) in [5, 5.41) is 14.5. The third-order valence-electron chi connectivity index (χ3n) is 4.63. The summed E-state index contributed by atoms with van der Waals surface area (Å²) in [5.74, 6) is 1.44. The minimum atomic E-state index is -0.127. The van der Waals surface area contributed by atoms with Crippen LogP contribution < -0.4 is 0 Å². The average Bonchev–Trinajstić information content (AvgIpc) is 2.81. The highest BCUT2D eigenvalue weighted by Crippen LogP contribution is 2.33. The number of nitrogens with zero attached hydrogens (tertiary/aromatic N) is 2. The Morgan fingerprint density at radius 3 is 2.67 bits per heavy atom. The molecule has 1 heterocycles. The van der Waals surface area contributed by atoms with Crippen molar-refractivity contribution in [3.05, 3.63) is 18.0 Å². The van der Waals surface area contributed by atoms with E-state index >= 15 is 0 Å². The maximum atomic E-state index is 10.3. The first-order valence-electron chi connectivity index (χ1n) is 7.35. The minimum absolute atomic E-state index is 0.127. The number of hydrogen-bond donors (Lipinski definition) is 1. The molecule has 1 saturated carbocycles. The minimum Gasteiger partial charge on any atom is -0.393 e. The molecule has 1 atom stereocenters. The molecule has 3 heteroatoms. The Labute approximate surface area is 110 Å². The second-order valence-corrected chi connectivity index (χ2v) is 5.74. The number of hydrogen-bond acceptors (Lipinski definition) is 2. The van der Waals surface area contributed by atoms with Crippen LogP contribution in [-0.4, -0.2) is 21.0 Å². The molecule has 0 spiro atoms. The predicted molar refractivity (Wildman–Crippen MR) is 73.3 cm³/mol. The number of aliphatic hydroxyl groups is 1. The summed E-state index contributed by atoms with van der Waals surface area (Å²) in [6, 6.07) is 2.04. The first-order valence-corrected chi connectivity index (χ1v) is 7.35. The van der Waals surface area contributed by atoms with Gasteiger partial charge in [-0.05, 0) is 43.6 Å². The van der Waals surface area contributed by atoms with E-state index in [-0.39, 0.29) is 6.10 Å². The highest BCUT2D eigenvalue weighted by Gasteiger charge is 2.25. The van der Waals surface area contributed by atoms with Crippen molar-refractivity contribution in [1.82, 2.24) is 9.78 Å². The van der Waals surface area contributed by atoms with Crippen LogP contribution in [0.2, 0.25) is 0 Å². The Bertz CT molecular complexity index is 353. The predicted octanol–water partition coefficient (Wildman–Crippen LogP) is 2.93. The molecule has 0 bridgehead atoms. The lowest BCUT2D eigenvalue weighted by molar-refractivity contribution is 0.0663. The molecule has 1 unspecified atom stereocenters. The van der Waals surface area contributed by atoms with Crippen molar-refractivity contribution in [3.8, 4) is 0 Å². The Hall–Kier alpha value is -0.830. The highest BCUT2D eigenvalue weighted by molar-refractivity contribution is 5.00. The molecule has 1 aromatic heterocycles. The largest absolute Gasteiger partial charge is 0.393 e. The molecule has 0 saturated heterocycles. The molecule has 1 N–H and O–H groups in total. The van der Waals surface area contributed by atoms with E-state index < -0.39 is 0 Å². The molecule has 102 valence electrons. The first kappa shape index (κ1) is 13.6. The molecule has 1 aliphatic rings. The van der Waals surface area contributed by atoms with Crippen molar-refractivity contribution >= 4 is 0 Å². The van der Waals surface area contributed by atoms with Gasteiger partial charge in [0.1, 0.15) is 0 Å². The van der Waals surface area contributed by atoms with Gasteiger partial charge in [-0.15, -0.1) is 0 Å². The molecule has 0 aromatic carbocycles. The fraction of sp³-hybridized carbons (Fsp3) is 0.800. The number of aryl methyl sites for hydroxylation is 2. The van der Waals surface area contributed by atoms with Crippen molar-refractivity contribution < 1.29 is 5.11 Å². The van der Waals surface area contributed by atoms with Crippen LogP contribution in [0, 0.1) is 11.8 Å². The molecule has 1 aliphatic carbocycles. The number of aromatic nitrogens is 2. The average molecular weight is 250 g/mol. The van der Waals surface area contributed by atoms with E-state index in [1.807, 2.05) is 24.0 Å². The lowest BCUT2D eigenvalue weighted by Gasteiger charge is -2.31. The van der Waals surface area contributed by atoms with Crippen LogP contribution in [0.3, 0.4) is 0 Å². The molecule has 1 aromatic rings. The highest BCUT2D eigenvalue weighted by atomic mass is 16.3.